The summed E-state index contributed by atoms with van der Waals surface area (Å²) in [5.41, 5.74) is 5.86. The summed E-state index contributed by atoms with van der Waals surface area (Å²) in [6, 6.07) is 4.65. The molecule has 0 amide bonds. The van der Waals surface area contributed by atoms with E-state index in [-0.39, 0.29) is 24.8 Å². The molecule has 1 aromatic carbocycles. The van der Waals surface area contributed by atoms with Crippen LogP contribution in [0.2, 0.25) is 0 Å². The summed E-state index contributed by atoms with van der Waals surface area (Å²) in [7, 11) is 0. The first-order chi connectivity index (χ1) is 7.00. The smallest absolute Gasteiger partial charge is 1.00 e. The first-order valence-corrected chi connectivity index (χ1v) is 7.44. The molecule has 0 N–H and O–H groups in total. The largest absolute Gasteiger partial charge is 1.00 e. The van der Waals surface area contributed by atoms with Gasteiger partial charge in [0.2, 0.25) is 0 Å². The van der Waals surface area contributed by atoms with Crippen molar-refractivity contribution in [1.29, 1.82) is 0 Å². The molecule has 0 radical (unpaired) electrons. The maximum absolute atomic E-state index is 3.69. The van der Waals surface area contributed by atoms with Crippen molar-refractivity contribution in [2.75, 3.05) is 0 Å². The molecular formula is C13H14BrCl2Zr. The van der Waals surface area contributed by atoms with Gasteiger partial charge in [-0.1, -0.05) is 0 Å². The maximum atomic E-state index is 3.69. The number of allylic oxidation sites excluding steroid dienone is 1. The van der Waals surface area contributed by atoms with Crippen molar-refractivity contribution >= 4 is 22.0 Å². The molecule has 1 aromatic rings. The van der Waals surface area contributed by atoms with Gasteiger partial charge in [0, 0.05) is 0 Å². The Morgan fingerprint density at radius 1 is 1.24 bits per heavy atom. The molecule has 0 aliphatic heterocycles. The number of hydrogen-bond acceptors (Lipinski definition) is 0. The summed E-state index contributed by atoms with van der Waals surface area (Å²) in [5.74, 6) is 0.607. The average molecular weight is 412 g/mol. The van der Waals surface area contributed by atoms with Crippen LogP contribution in [0.3, 0.4) is 0 Å². The predicted octanol–water partition coefficient (Wildman–Crippen LogP) is -1.41. The van der Waals surface area contributed by atoms with Gasteiger partial charge in [-0.2, -0.15) is 0 Å². The van der Waals surface area contributed by atoms with Gasteiger partial charge in [0.15, 0.2) is 0 Å². The zero-order valence-electron chi connectivity index (χ0n) is 10.0. The van der Waals surface area contributed by atoms with Gasteiger partial charge < -0.3 is 24.8 Å². The van der Waals surface area contributed by atoms with E-state index in [1.54, 1.807) is 24.7 Å². The summed E-state index contributed by atoms with van der Waals surface area (Å²) < 4.78 is 1.93. The van der Waals surface area contributed by atoms with E-state index in [4.69, 9.17) is 0 Å². The predicted molar refractivity (Wildman–Crippen MR) is 64.6 cm³/mol. The van der Waals surface area contributed by atoms with Crippen molar-refractivity contribution in [2.24, 2.45) is 0 Å². The summed E-state index contributed by atoms with van der Waals surface area (Å²) in [5, 5.41) is 0. The number of halogens is 3. The molecule has 1 atom stereocenters. The minimum atomic E-state index is 0. The summed E-state index contributed by atoms with van der Waals surface area (Å²) >= 11 is 5.28. The molecule has 1 unspecified atom stereocenters. The van der Waals surface area contributed by atoms with E-state index >= 15 is 0 Å². The van der Waals surface area contributed by atoms with Crippen LogP contribution in [-0.4, -0.2) is 0 Å². The molecule has 0 saturated carbocycles. The Bertz CT molecular complexity index is 441. The fraction of sp³-hybridized carbons (Fsp3) is 0.385. The second kappa shape index (κ2) is 6.89. The second-order valence-electron chi connectivity index (χ2n) is 4.48. The quantitative estimate of drug-likeness (QED) is 0.532. The molecule has 0 bridgehead atoms. The minimum absolute atomic E-state index is 0. The van der Waals surface area contributed by atoms with Crippen LogP contribution in [0.1, 0.15) is 47.0 Å². The van der Waals surface area contributed by atoms with Crippen LogP contribution in [0.15, 0.2) is 22.2 Å². The van der Waals surface area contributed by atoms with Crippen LogP contribution in [-0.2, 0) is 24.7 Å². The molecule has 91 valence electrons. The normalized spacial score (nSPS) is 17.1. The van der Waals surface area contributed by atoms with Gasteiger partial charge in [0.05, 0.1) is 0 Å². The van der Waals surface area contributed by atoms with E-state index in [9.17, 15) is 0 Å². The Balaban J connectivity index is 0.00000128. The Kier molecular flexibility index (Phi) is 7.26. The van der Waals surface area contributed by atoms with Gasteiger partial charge in [-0.05, 0) is 0 Å². The number of hydrogen-bond donors (Lipinski definition) is 0. The SMILES string of the molecule is CC1=Cc2c(Br)cc(C(C)C)cc2[CH]1[Zr+2].[Cl-].[Cl-]. The van der Waals surface area contributed by atoms with E-state index in [1.807, 2.05) is 0 Å². The van der Waals surface area contributed by atoms with Crippen molar-refractivity contribution in [3.8, 4) is 0 Å². The molecule has 0 nitrogen and oxygen atoms in total. The Hall–Kier alpha value is 0.903. The van der Waals surface area contributed by atoms with Crippen LogP contribution in [0, 0.1) is 0 Å². The van der Waals surface area contributed by atoms with Crippen molar-refractivity contribution in [3.63, 3.8) is 0 Å². The van der Waals surface area contributed by atoms with Crippen LogP contribution < -0.4 is 24.8 Å². The fourth-order valence-corrected chi connectivity index (χ4v) is 3.34. The van der Waals surface area contributed by atoms with Gasteiger partial charge >= 0.3 is 116 Å². The van der Waals surface area contributed by atoms with Crippen molar-refractivity contribution in [3.05, 3.63) is 38.9 Å². The molecule has 0 fully saturated rings. The first kappa shape index (κ1) is 17.9. The molecule has 1 aliphatic rings. The molecule has 1 aliphatic carbocycles. The van der Waals surface area contributed by atoms with Gasteiger partial charge in [0.1, 0.15) is 0 Å². The van der Waals surface area contributed by atoms with Gasteiger partial charge in [-0.25, -0.2) is 0 Å². The van der Waals surface area contributed by atoms with Gasteiger partial charge in [0.25, 0.3) is 0 Å². The molecular weight excluding hydrogens is 398 g/mol. The van der Waals surface area contributed by atoms with Crippen LogP contribution in [0.4, 0.5) is 0 Å². The zero-order valence-corrected chi connectivity index (χ0v) is 15.6. The third-order valence-corrected chi connectivity index (χ3v) is 5.53. The monoisotopic (exact) mass is 409 g/mol. The minimum Gasteiger partial charge on any atom is -1.00 e. The topological polar surface area (TPSA) is 0 Å². The van der Waals surface area contributed by atoms with Gasteiger partial charge in [-0.3, -0.25) is 0 Å². The molecule has 0 heterocycles. The van der Waals surface area contributed by atoms with Crippen LogP contribution in [0.5, 0.6) is 0 Å². The van der Waals surface area contributed by atoms with Crippen molar-refractivity contribution < 1.29 is 49.5 Å². The Morgan fingerprint density at radius 2 is 1.82 bits per heavy atom. The molecule has 17 heavy (non-hydrogen) atoms. The van der Waals surface area contributed by atoms with Gasteiger partial charge in [-0.15, -0.1) is 0 Å². The maximum Gasteiger partial charge on any atom is -1.00 e. The molecule has 0 saturated heterocycles. The molecule has 0 spiro atoms. The van der Waals surface area contributed by atoms with E-state index in [0.29, 0.717) is 9.54 Å². The standard InChI is InChI=1S/C13H14Br.2ClH.Zr/c1-8(2)10-6-11-4-9(3)5-12(11)13(14)7-10;;;/h4-8H,1-3H3;2*1H;/q;;;+2/p-2. The van der Waals surface area contributed by atoms with E-state index in [2.05, 4.69) is 54.9 Å². The van der Waals surface area contributed by atoms with Crippen molar-refractivity contribution in [2.45, 2.75) is 30.3 Å². The first-order valence-electron chi connectivity index (χ1n) is 5.23. The van der Waals surface area contributed by atoms with Crippen LogP contribution in [0.25, 0.3) is 6.08 Å². The number of fused-ring (bicyclic) bond motifs is 1. The second-order valence-corrected chi connectivity index (χ2v) is 6.76. The van der Waals surface area contributed by atoms with Crippen molar-refractivity contribution in [1.82, 2.24) is 0 Å². The molecule has 0 aromatic heterocycles. The number of rotatable bonds is 1. The Morgan fingerprint density at radius 3 is 2.35 bits per heavy atom. The van der Waals surface area contributed by atoms with E-state index < -0.39 is 0 Å². The summed E-state index contributed by atoms with van der Waals surface area (Å²) in [6.45, 7) is 6.74. The fourth-order valence-electron chi connectivity index (χ4n) is 1.94. The third kappa shape index (κ3) is 3.47. The van der Waals surface area contributed by atoms with E-state index in [0.717, 1.165) is 0 Å². The molecule has 2 rings (SSSR count). The molecule has 4 heteroatoms. The Labute approximate surface area is 139 Å². The zero-order chi connectivity index (χ0) is 11.2. The summed E-state index contributed by atoms with van der Waals surface area (Å²) in [4.78, 5) is 0. The third-order valence-electron chi connectivity index (χ3n) is 2.99. The van der Waals surface area contributed by atoms with Crippen LogP contribution >= 0.6 is 15.9 Å². The van der Waals surface area contributed by atoms with E-state index in [1.165, 1.54) is 26.7 Å². The summed E-state index contributed by atoms with van der Waals surface area (Å²) in [6.07, 6.45) is 2.32. The average Bonchev–Trinajstić information content (AvgIpc) is 2.45. The number of benzene rings is 1.